The van der Waals surface area contributed by atoms with Gasteiger partial charge in [-0.05, 0) is 128 Å². The van der Waals surface area contributed by atoms with Crippen molar-refractivity contribution in [2.75, 3.05) is 0 Å². The van der Waals surface area contributed by atoms with Gasteiger partial charge in [-0.2, -0.15) is 0 Å². The number of nitrogens with zero attached hydrogens (tertiary/aromatic N) is 5. The van der Waals surface area contributed by atoms with Crippen LogP contribution >= 0.6 is 11.3 Å². The van der Waals surface area contributed by atoms with Gasteiger partial charge in [-0.1, -0.05) is 152 Å². The second-order valence-corrected chi connectivity index (χ2v) is 21.4. The molecule has 77 heavy (non-hydrogen) atoms. The Morgan fingerprint density at radius 2 is 0.883 bits per heavy atom. The van der Waals surface area contributed by atoms with Gasteiger partial charge in [0, 0.05) is 69.8 Å². The highest BCUT2D eigenvalue weighted by Gasteiger charge is 2.28. The first kappa shape index (κ1) is 42.4. The van der Waals surface area contributed by atoms with Crippen molar-refractivity contribution in [2.24, 2.45) is 0 Å². The molecule has 16 aromatic rings. The SMILES string of the molecule is c1ccc(-n2c3ccccc3c3cc(-c4nc(-c5ccc6c(c5)sc5ccccc56)nc(-c5cc(-n6c7cc8ccccc8cc7c7cc8ccccc8cc76)cc6c5OCc5ccc7ccccc7c5-6)n4)ccc32)cc1. The zero-order valence-corrected chi connectivity index (χ0v) is 42.1. The summed E-state index contributed by atoms with van der Waals surface area (Å²) in [5.41, 5.74) is 12.5. The van der Waals surface area contributed by atoms with Gasteiger partial charge in [0.15, 0.2) is 17.5 Å². The molecule has 0 radical (unpaired) electrons. The van der Waals surface area contributed by atoms with Gasteiger partial charge < -0.3 is 13.9 Å². The summed E-state index contributed by atoms with van der Waals surface area (Å²) in [4.78, 5) is 16.6. The molecule has 0 N–H and O–H groups in total. The van der Waals surface area contributed by atoms with E-state index in [-0.39, 0.29) is 0 Å². The number of thiophene rings is 1. The summed E-state index contributed by atoms with van der Waals surface area (Å²) in [6, 6.07) is 85.6. The Balaban J connectivity index is 0.970. The van der Waals surface area contributed by atoms with Crippen LogP contribution in [0.15, 0.2) is 237 Å². The van der Waals surface area contributed by atoms with E-state index in [1.165, 1.54) is 63.3 Å². The van der Waals surface area contributed by atoms with Crippen molar-refractivity contribution in [3.63, 3.8) is 0 Å². The third-order valence-electron chi connectivity index (χ3n) is 15.9. The van der Waals surface area contributed by atoms with Gasteiger partial charge in [0.2, 0.25) is 0 Å². The van der Waals surface area contributed by atoms with Gasteiger partial charge in [0.1, 0.15) is 12.4 Å². The van der Waals surface area contributed by atoms with Crippen LogP contribution < -0.4 is 4.74 Å². The highest BCUT2D eigenvalue weighted by molar-refractivity contribution is 7.25. The van der Waals surface area contributed by atoms with E-state index in [1.54, 1.807) is 11.3 Å². The van der Waals surface area contributed by atoms with Crippen LogP contribution in [0.3, 0.4) is 0 Å². The van der Waals surface area contributed by atoms with Gasteiger partial charge in [0.25, 0.3) is 0 Å². The number of hydrogen-bond acceptors (Lipinski definition) is 5. The number of benzene rings is 12. The predicted molar refractivity (Wildman–Crippen MR) is 320 cm³/mol. The number of fused-ring (bicyclic) bond motifs is 16. The lowest BCUT2D eigenvalue weighted by Gasteiger charge is -2.26. The fraction of sp³-hybridized carbons (Fsp3) is 0.0143. The van der Waals surface area contributed by atoms with Crippen LogP contribution in [0.1, 0.15) is 5.56 Å². The first-order valence-electron chi connectivity index (χ1n) is 26.1. The molecule has 0 spiro atoms. The summed E-state index contributed by atoms with van der Waals surface area (Å²) in [6.07, 6.45) is 0. The normalized spacial score (nSPS) is 12.5. The molecule has 12 aromatic carbocycles. The molecule has 358 valence electrons. The van der Waals surface area contributed by atoms with Crippen molar-refractivity contribution in [1.29, 1.82) is 0 Å². The monoisotopic (exact) mass is 999 g/mol. The Kier molecular flexibility index (Phi) is 8.96. The number of rotatable bonds is 5. The molecular formula is C70H41N5OS. The van der Waals surface area contributed by atoms with Crippen LogP contribution in [0.5, 0.6) is 5.75 Å². The minimum atomic E-state index is 0.405. The van der Waals surface area contributed by atoms with E-state index in [9.17, 15) is 0 Å². The summed E-state index contributed by atoms with van der Waals surface area (Å²) < 4.78 is 14.3. The van der Waals surface area contributed by atoms with Crippen molar-refractivity contribution >= 4 is 107 Å². The first-order chi connectivity index (χ1) is 38.1. The number of hydrogen-bond donors (Lipinski definition) is 0. The minimum Gasteiger partial charge on any atom is -0.487 e. The molecule has 0 unspecified atom stereocenters. The van der Waals surface area contributed by atoms with Crippen molar-refractivity contribution in [2.45, 2.75) is 6.61 Å². The Hall–Kier alpha value is -9.95. The Labute approximate surface area is 445 Å². The van der Waals surface area contributed by atoms with Gasteiger partial charge in [0.05, 0.1) is 27.6 Å². The largest absolute Gasteiger partial charge is 0.487 e. The molecular weight excluding hydrogens is 959 g/mol. The molecule has 0 amide bonds. The van der Waals surface area contributed by atoms with Crippen LogP contribution in [0.25, 0.3) is 153 Å². The molecule has 1 aliphatic heterocycles. The van der Waals surface area contributed by atoms with E-state index in [1.807, 2.05) is 0 Å². The molecule has 4 aromatic heterocycles. The van der Waals surface area contributed by atoms with E-state index in [0.29, 0.717) is 24.1 Å². The smallest absolute Gasteiger partial charge is 0.167 e. The lowest BCUT2D eigenvalue weighted by atomic mass is 9.89. The second-order valence-electron chi connectivity index (χ2n) is 20.3. The molecule has 7 heteroatoms. The highest BCUT2D eigenvalue weighted by Crippen LogP contribution is 2.49. The van der Waals surface area contributed by atoms with Crippen molar-refractivity contribution in [1.82, 2.24) is 24.1 Å². The van der Waals surface area contributed by atoms with Crippen molar-refractivity contribution in [3.8, 4) is 62.4 Å². The molecule has 0 fully saturated rings. The van der Waals surface area contributed by atoms with Gasteiger partial charge in [-0.25, -0.2) is 15.0 Å². The number of aromatic nitrogens is 5. The standard InChI is InChI=1S/C70H41N5OS/c1-2-19-49(20-3-1)74-60-24-12-10-22-52(60)55-34-46(29-31-61(55)74)68-71-69(47-28-30-54-53-23-11-13-25-64(53)77-65(54)37-47)73-70(72-68)59-39-50(38-58-66-48(40-76-67(58)59)27-26-41-14-8-9-21-51(41)66)75-62-35-44-17-6-4-15-42(44)32-56(62)57-33-43-16-5-7-18-45(43)36-63(57)75/h1-39H,40H2. The molecule has 17 rings (SSSR count). The van der Waals surface area contributed by atoms with Gasteiger partial charge >= 0.3 is 0 Å². The molecule has 0 atom stereocenters. The molecule has 1 aliphatic rings. The summed E-state index contributed by atoms with van der Waals surface area (Å²) >= 11 is 1.79. The molecule has 6 nitrogen and oxygen atoms in total. The topological polar surface area (TPSA) is 57.8 Å². The highest BCUT2D eigenvalue weighted by atomic mass is 32.1. The maximum atomic E-state index is 7.07. The van der Waals surface area contributed by atoms with Crippen LogP contribution in [-0.4, -0.2) is 24.1 Å². The van der Waals surface area contributed by atoms with Crippen molar-refractivity contribution in [3.05, 3.63) is 242 Å². The summed E-state index contributed by atoms with van der Waals surface area (Å²) in [7, 11) is 0. The molecule has 0 saturated heterocycles. The van der Waals surface area contributed by atoms with Crippen LogP contribution in [0.4, 0.5) is 0 Å². The maximum Gasteiger partial charge on any atom is 0.167 e. The molecule has 0 saturated carbocycles. The summed E-state index contributed by atoms with van der Waals surface area (Å²) in [5, 5.41) is 14.2. The average molecular weight is 1000 g/mol. The zero-order chi connectivity index (χ0) is 50.3. The minimum absolute atomic E-state index is 0.405. The summed E-state index contributed by atoms with van der Waals surface area (Å²) in [5.74, 6) is 2.45. The third kappa shape index (κ3) is 6.44. The van der Waals surface area contributed by atoms with Crippen LogP contribution in [0.2, 0.25) is 0 Å². The number of ether oxygens (including phenoxy) is 1. The third-order valence-corrected chi connectivity index (χ3v) is 17.1. The van der Waals surface area contributed by atoms with Gasteiger partial charge in [-0.3, -0.25) is 0 Å². The van der Waals surface area contributed by atoms with E-state index < -0.39 is 0 Å². The Bertz CT molecular complexity index is 5090. The predicted octanol–water partition coefficient (Wildman–Crippen LogP) is 18.5. The van der Waals surface area contributed by atoms with E-state index >= 15 is 0 Å². The van der Waals surface area contributed by atoms with Crippen LogP contribution in [-0.2, 0) is 6.61 Å². The quantitative estimate of drug-likeness (QED) is 0.172. The lowest BCUT2D eigenvalue weighted by Crippen LogP contribution is -2.10. The Morgan fingerprint density at radius 3 is 1.64 bits per heavy atom. The zero-order valence-electron chi connectivity index (χ0n) is 41.3. The lowest BCUT2D eigenvalue weighted by molar-refractivity contribution is 0.304. The summed E-state index contributed by atoms with van der Waals surface area (Å²) in [6.45, 7) is 0.405. The molecule has 5 heterocycles. The Morgan fingerprint density at radius 1 is 0.338 bits per heavy atom. The van der Waals surface area contributed by atoms with E-state index in [2.05, 4.69) is 246 Å². The van der Waals surface area contributed by atoms with Gasteiger partial charge in [-0.15, -0.1) is 11.3 Å². The van der Waals surface area contributed by atoms with Crippen molar-refractivity contribution < 1.29 is 4.74 Å². The van der Waals surface area contributed by atoms with E-state index in [0.717, 1.165) is 83.3 Å². The molecule has 0 aliphatic carbocycles. The number of para-hydroxylation sites is 2. The first-order valence-corrected chi connectivity index (χ1v) is 26.9. The maximum absolute atomic E-state index is 7.07. The fourth-order valence-corrected chi connectivity index (χ4v) is 13.6. The molecule has 0 bridgehead atoms. The van der Waals surface area contributed by atoms with Crippen LogP contribution in [0, 0.1) is 0 Å². The second kappa shape index (κ2) is 16.3. The van der Waals surface area contributed by atoms with E-state index in [4.69, 9.17) is 19.7 Å². The average Bonchev–Trinajstić information content (AvgIpc) is 4.22. The fourth-order valence-electron chi connectivity index (χ4n) is 12.4.